The van der Waals surface area contributed by atoms with Crippen molar-refractivity contribution in [1.82, 2.24) is 15.2 Å². The van der Waals surface area contributed by atoms with E-state index in [2.05, 4.69) is 34.7 Å². The second kappa shape index (κ2) is 11.7. The van der Waals surface area contributed by atoms with Gasteiger partial charge in [-0.2, -0.15) is 0 Å². The molecule has 206 valence electrons. The van der Waals surface area contributed by atoms with Crippen LogP contribution in [0.4, 0.5) is 13.2 Å². The molecular formula is C30H33F3N4O2. The Morgan fingerprint density at radius 3 is 2.33 bits per heavy atom. The number of nitrogens with two attached hydrogens (primary N) is 1. The fourth-order valence-electron chi connectivity index (χ4n) is 6.10. The molecule has 1 aliphatic carbocycles. The molecule has 2 aliphatic rings. The lowest BCUT2D eigenvalue weighted by Crippen LogP contribution is -2.54. The van der Waals surface area contributed by atoms with Crippen molar-refractivity contribution < 1.29 is 22.8 Å². The van der Waals surface area contributed by atoms with E-state index < -0.39 is 23.5 Å². The van der Waals surface area contributed by atoms with Gasteiger partial charge in [-0.1, -0.05) is 18.2 Å². The molecule has 2 heterocycles. The Bertz CT molecular complexity index is 1350. The van der Waals surface area contributed by atoms with Crippen molar-refractivity contribution in [3.8, 4) is 0 Å². The highest BCUT2D eigenvalue weighted by Gasteiger charge is 2.34. The van der Waals surface area contributed by atoms with Crippen molar-refractivity contribution in [2.45, 2.75) is 56.5 Å². The van der Waals surface area contributed by atoms with E-state index in [0.29, 0.717) is 31.8 Å². The number of H-pyrrole nitrogens is 1. The van der Waals surface area contributed by atoms with E-state index in [4.69, 9.17) is 5.73 Å². The summed E-state index contributed by atoms with van der Waals surface area (Å²) in [6.45, 7) is 0.886. The first kappa shape index (κ1) is 27.0. The number of carbonyl (C=O) groups excluding carboxylic acids is 2. The summed E-state index contributed by atoms with van der Waals surface area (Å²) >= 11 is 0. The minimum absolute atomic E-state index is 0.0159. The normalized spacial score (nSPS) is 21.5. The van der Waals surface area contributed by atoms with Gasteiger partial charge < -0.3 is 20.9 Å². The molecule has 39 heavy (non-hydrogen) atoms. The number of carbonyl (C=O) groups is 2. The molecule has 1 saturated heterocycles. The Hall–Kier alpha value is -3.59. The third-order valence-corrected chi connectivity index (χ3v) is 8.26. The van der Waals surface area contributed by atoms with Gasteiger partial charge in [0.2, 0.25) is 11.8 Å². The molecule has 2 fully saturated rings. The number of likely N-dealkylation sites (tertiary alicyclic amines) is 1. The van der Waals surface area contributed by atoms with E-state index in [9.17, 15) is 22.8 Å². The van der Waals surface area contributed by atoms with Crippen LogP contribution >= 0.6 is 0 Å². The number of hydrogen-bond donors (Lipinski definition) is 3. The molecule has 3 aromatic rings. The summed E-state index contributed by atoms with van der Waals surface area (Å²) < 4.78 is 40.0. The molecule has 5 rings (SSSR count). The van der Waals surface area contributed by atoms with Crippen LogP contribution in [0, 0.1) is 23.4 Å². The third-order valence-electron chi connectivity index (χ3n) is 8.26. The molecule has 1 atom stereocenters. The van der Waals surface area contributed by atoms with Gasteiger partial charge in [-0.15, -0.1) is 0 Å². The van der Waals surface area contributed by atoms with Crippen LogP contribution in [0.25, 0.3) is 17.0 Å². The van der Waals surface area contributed by atoms with E-state index in [1.165, 1.54) is 23.1 Å². The van der Waals surface area contributed by atoms with E-state index in [-0.39, 0.29) is 29.3 Å². The Labute approximate surface area is 225 Å². The highest BCUT2D eigenvalue weighted by Crippen LogP contribution is 2.37. The number of aromatic nitrogens is 1. The number of halogens is 3. The smallest absolute Gasteiger partial charge is 0.246 e. The number of aromatic amines is 1. The summed E-state index contributed by atoms with van der Waals surface area (Å²) in [6.07, 6.45) is 9.83. The maximum atomic E-state index is 13.4. The zero-order valence-electron chi connectivity index (χ0n) is 21.6. The number of primary amides is 1. The van der Waals surface area contributed by atoms with E-state index in [1.54, 1.807) is 4.90 Å². The van der Waals surface area contributed by atoms with Gasteiger partial charge in [-0.25, -0.2) is 13.2 Å². The third kappa shape index (κ3) is 6.03. The summed E-state index contributed by atoms with van der Waals surface area (Å²) in [5, 5.41) is 4.81. The minimum Gasteiger partial charge on any atom is -0.368 e. The van der Waals surface area contributed by atoms with Gasteiger partial charge in [-0.05, 0) is 85.8 Å². The standard InChI is InChI=1S/C30H33F3N4O2/c31-24-15-18(16-25(32)28(24)33)5-10-27(38)37-13-11-20(12-14-37)29(30(34)39)36-21-8-6-19(7-9-21)23-17-35-26-4-2-1-3-22(23)26/h1-5,10,15-17,19-21,29,35-36H,6-9,11-14H2,(H2,34,39)/b10-5+/t19-,21+,29-/m1/s1. The lowest BCUT2D eigenvalue weighted by atomic mass is 9.80. The number of amides is 2. The molecule has 0 radical (unpaired) electrons. The molecule has 4 N–H and O–H groups in total. The van der Waals surface area contributed by atoms with Crippen LogP contribution in [-0.4, -0.2) is 46.9 Å². The summed E-state index contributed by atoms with van der Waals surface area (Å²) in [5.41, 5.74) is 8.38. The molecule has 6 nitrogen and oxygen atoms in total. The Kier molecular flexibility index (Phi) is 8.07. The van der Waals surface area contributed by atoms with Crippen molar-refractivity contribution in [1.29, 1.82) is 0 Å². The maximum absolute atomic E-state index is 13.4. The maximum Gasteiger partial charge on any atom is 0.246 e. The number of nitrogens with zero attached hydrogens (tertiary/aromatic N) is 1. The van der Waals surface area contributed by atoms with E-state index in [1.807, 2.05) is 6.07 Å². The topological polar surface area (TPSA) is 91.2 Å². The number of benzene rings is 2. The highest BCUT2D eigenvalue weighted by molar-refractivity contribution is 5.92. The number of rotatable bonds is 7. The lowest BCUT2D eigenvalue weighted by molar-refractivity contribution is -0.128. The number of para-hydroxylation sites is 1. The average Bonchev–Trinajstić information content (AvgIpc) is 3.38. The van der Waals surface area contributed by atoms with Gasteiger partial charge in [0.05, 0.1) is 6.04 Å². The molecule has 1 saturated carbocycles. The largest absolute Gasteiger partial charge is 0.368 e. The number of piperidine rings is 1. The predicted octanol–water partition coefficient (Wildman–Crippen LogP) is 5.01. The Balaban J connectivity index is 1.13. The first-order chi connectivity index (χ1) is 18.8. The summed E-state index contributed by atoms with van der Waals surface area (Å²) in [7, 11) is 0. The molecule has 9 heteroatoms. The fourth-order valence-corrected chi connectivity index (χ4v) is 6.10. The molecule has 2 amide bonds. The van der Waals surface area contributed by atoms with Crippen molar-refractivity contribution in [3.63, 3.8) is 0 Å². The highest BCUT2D eigenvalue weighted by atomic mass is 19.2. The Morgan fingerprint density at radius 1 is 1.00 bits per heavy atom. The number of hydrogen-bond acceptors (Lipinski definition) is 3. The van der Waals surface area contributed by atoms with E-state index in [0.717, 1.165) is 43.3 Å². The van der Waals surface area contributed by atoms with Crippen LogP contribution in [-0.2, 0) is 9.59 Å². The van der Waals surface area contributed by atoms with Gasteiger partial charge >= 0.3 is 0 Å². The van der Waals surface area contributed by atoms with Gasteiger partial charge in [0.15, 0.2) is 17.5 Å². The monoisotopic (exact) mass is 538 g/mol. The molecular weight excluding hydrogens is 505 g/mol. The molecule has 1 aromatic heterocycles. The Morgan fingerprint density at radius 2 is 1.67 bits per heavy atom. The molecule has 0 unspecified atom stereocenters. The second-order valence-corrected chi connectivity index (χ2v) is 10.7. The second-order valence-electron chi connectivity index (χ2n) is 10.7. The van der Waals surface area contributed by atoms with Crippen LogP contribution in [0.3, 0.4) is 0 Å². The van der Waals surface area contributed by atoms with Crippen molar-refractivity contribution in [3.05, 3.63) is 77.2 Å². The number of nitrogens with one attached hydrogen (secondary N) is 2. The lowest BCUT2D eigenvalue weighted by Gasteiger charge is -2.38. The summed E-state index contributed by atoms with van der Waals surface area (Å²) in [5.74, 6) is -4.34. The van der Waals surface area contributed by atoms with Crippen LogP contribution in [0.2, 0.25) is 0 Å². The van der Waals surface area contributed by atoms with Gasteiger partial charge in [0.25, 0.3) is 0 Å². The average molecular weight is 539 g/mol. The van der Waals surface area contributed by atoms with Gasteiger partial charge in [0.1, 0.15) is 0 Å². The summed E-state index contributed by atoms with van der Waals surface area (Å²) in [6, 6.07) is 9.77. The SMILES string of the molecule is NC(=O)[C@H](N[C@H]1CC[C@@H](c2c[nH]c3ccccc32)CC1)C1CCN(C(=O)/C=C/c2cc(F)c(F)c(F)c2)CC1. The fraction of sp³-hybridized carbons (Fsp3) is 0.400. The minimum atomic E-state index is -1.54. The quantitative estimate of drug-likeness (QED) is 0.292. The first-order valence-electron chi connectivity index (χ1n) is 13.5. The zero-order chi connectivity index (χ0) is 27.5. The van der Waals surface area contributed by atoms with Gasteiger partial charge in [0, 0.05) is 42.3 Å². The molecule has 1 aliphatic heterocycles. The van der Waals surface area contributed by atoms with Crippen LogP contribution < -0.4 is 11.1 Å². The van der Waals surface area contributed by atoms with Crippen LogP contribution in [0.1, 0.15) is 55.6 Å². The molecule has 2 aromatic carbocycles. The van der Waals surface area contributed by atoms with Crippen LogP contribution in [0.15, 0.2) is 48.7 Å². The summed E-state index contributed by atoms with van der Waals surface area (Å²) in [4.78, 5) is 30.0. The van der Waals surface area contributed by atoms with E-state index >= 15 is 0 Å². The molecule has 0 bridgehead atoms. The number of fused-ring (bicyclic) bond motifs is 1. The predicted molar refractivity (Wildman–Crippen MR) is 144 cm³/mol. The van der Waals surface area contributed by atoms with Crippen molar-refractivity contribution >= 4 is 28.8 Å². The van der Waals surface area contributed by atoms with Gasteiger partial charge in [-0.3, -0.25) is 9.59 Å². The first-order valence-corrected chi connectivity index (χ1v) is 13.5. The molecule has 0 spiro atoms. The van der Waals surface area contributed by atoms with Crippen molar-refractivity contribution in [2.24, 2.45) is 11.7 Å². The van der Waals surface area contributed by atoms with Crippen molar-refractivity contribution in [2.75, 3.05) is 13.1 Å². The van der Waals surface area contributed by atoms with Crippen LogP contribution in [0.5, 0.6) is 0 Å². The zero-order valence-corrected chi connectivity index (χ0v) is 21.6.